The second-order valence-electron chi connectivity index (χ2n) is 8.52. The highest BCUT2D eigenvalue weighted by molar-refractivity contribution is 5.16. The second-order valence-corrected chi connectivity index (χ2v) is 8.52. The number of hydrogen-bond acceptors (Lipinski definition) is 6. The van der Waals surface area contributed by atoms with Crippen LogP contribution >= 0.6 is 0 Å². The van der Waals surface area contributed by atoms with Crippen LogP contribution in [0.1, 0.15) is 22.9 Å². The minimum atomic E-state index is -0.873. The quantitative estimate of drug-likeness (QED) is 0.566. The third kappa shape index (κ3) is 4.30. The van der Waals surface area contributed by atoms with Gasteiger partial charge in [0.15, 0.2) is 6.23 Å². The summed E-state index contributed by atoms with van der Waals surface area (Å²) in [7, 11) is 0. The van der Waals surface area contributed by atoms with E-state index in [-0.39, 0.29) is 6.61 Å². The number of aromatic nitrogens is 2. The number of H-pyrrole nitrogens is 1. The summed E-state index contributed by atoms with van der Waals surface area (Å²) in [6.07, 6.45) is -0.194. The topological polar surface area (TPSA) is 91.8 Å². The summed E-state index contributed by atoms with van der Waals surface area (Å²) in [5.74, 6) is 0. The van der Waals surface area contributed by atoms with E-state index in [9.17, 15) is 9.59 Å². The molecular weight excluding hydrogens is 424 g/mol. The van der Waals surface area contributed by atoms with E-state index in [4.69, 9.17) is 18.9 Å². The second kappa shape index (κ2) is 9.07. The van der Waals surface area contributed by atoms with Crippen LogP contribution in [0.3, 0.4) is 0 Å². The molecule has 0 aliphatic carbocycles. The Kier molecular flexibility index (Phi) is 5.99. The van der Waals surface area contributed by atoms with Crippen molar-refractivity contribution in [2.24, 2.45) is 0 Å². The number of fused-ring (bicyclic) bond motifs is 2. The molecule has 8 heteroatoms. The molecular formula is C25H26N2O6. The van der Waals surface area contributed by atoms with Crippen LogP contribution in [0.15, 0.2) is 76.4 Å². The van der Waals surface area contributed by atoms with Gasteiger partial charge >= 0.3 is 5.69 Å². The molecule has 172 valence electrons. The molecule has 1 aromatic heterocycles. The van der Waals surface area contributed by atoms with E-state index in [2.05, 4.69) is 4.98 Å². The maximum absolute atomic E-state index is 12.5. The Morgan fingerprint density at radius 2 is 1.70 bits per heavy atom. The maximum atomic E-state index is 12.5. The van der Waals surface area contributed by atoms with Gasteiger partial charge < -0.3 is 18.9 Å². The van der Waals surface area contributed by atoms with Crippen molar-refractivity contribution in [3.8, 4) is 0 Å². The molecule has 0 unspecified atom stereocenters. The van der Waals surface area contributed by atoms with Crippen LogP contribution in [0.5, 0.6) is 0 Å². The Morgan fingerprint density at radius 1 is 1.03 bits per heavy atom. The molecule has 0 amide bonds. The number of rotatable bonds is 8. The maximum Gasteiger partial charge on any atom is 0.330 e. The summed E-state index contributed by atoms with van der Waals surface area (Å²) < 4.78 is 26.2. The highest BCUT2D eigenvalue weighted by Gasteiger charge is 2.63. The largest absolute Gasteiger partial charge is 0.374 e. The van der Waals surface area contributed by atoms with Crippen LogP contribution in [0, 0.1) is 6.92 Å². The van der Waals surface area contributed by atoms with Gasteiger partial charge in [-0.1, -0.05) is 60.7 Å². The Labute approximate surface area is 190 Å². The molecule has 2 bridgehead atoms. The fourth-order valence-electron chi connectivity index (χ4n) is 4.42. The van der Waals surface area contributed by atoms with Crippen LogP contribution in [-0.2, 0) is 32.2 Å². The molecule has 0 spiro atoms. The predicted molar refractivity (Wildman–Crippen MR) is 120 cm³/mol. The first-order valence-electron chi connectivity index (χ1n) is 10.9. The van der Waals surface area contributed by atoms with Crippen molar-refractivity contribution in [2.75, 3.05) is 13.2 Å². The van der Waals surface area contributed by atoms with E-state index in [0.29, 0.717) is 25.4 Å². The summed E-state index contributed by atoms with van der Waals surface area (Å²) in [5, 5.41) is 0. The van der Waals surface area contributed by atoms with Crippen LogP contribution in [-0.4, -0.2) is 40.6 Å². The van der Waals surface area contributed by atoms with E-state index >= 15 is 0 Å². The summed E-state index contributed by atoms with van der Waals surface area (Å²) >= 11 is 0. The fourth-order valence-corrected chi connectivity index (χ4v) is 4.42. The van der Waals surface area contributed by atoms with Crippen molar-refractivity contribution in [3.63, 3.8) is 0 Å². The smallest absolute Gasteiger partial charge is 0.330 e. The number of aromatic amines is 1. The Morgan fingerprint density at radius 3 is 2.39 bits per heavy atom. The van der Waals surface area contributed by atoms with Gasteiger partial charge in [0.25, 0.3) is 5.56 Å². The van der Waals surface area contributed by atoms with Gasteiger partial charge in [0.2, 0.25) is 0 Å². The van der Waals surface area contributed by atoms with E-state index < -0.39 is 35.3 Å². The molecule has 5 rings (SSSR count). The van der Waals surface area contributed by atoms with Gasteiger partial charge in [-0.3, -0.25) is 14.3 Å². The molecule has 2 aromatic carbocycles. The zero-order chi connectivity index (χ0) is 22.8. The molecule has 2 aliphatic rings. The molecule has 1 N–H and O–H groups in total. The van der Waals surface area contributed by atoms with E-state index in [0.717, 1.165) is 11.1 Å². The summed E-state index contributed by atoms with van der Waals surface area (Å²) in [5.41, 5.74) is 0.651. The summed E-state index contributed by atoms with van der Waals surface area (Å²) in [4.78, 5) is 26.7. The number of benzene rings is 2. The standard InChI is InChI=1S/C25H26N2O6/c1-17-12-27(24(29)26-22(17)28)23-20-21(31-14-19-10-6-3-7-11-19)25(33-23,16-32-20)15-30-13-18-8-4-2-5-9-18/h2-12,20-21,23H,13-16H2,1H3,(H,26,28,29)/t20-,21+,23-,25+/m1/s1. The van der Waals surface area contributed by atoms with Crippen molar-refractivity contribution in [1.29, 1.82) is 0 Å². The molecule has 0 saturated carbocycles. The average Bonchev–Trinajstić information content (AvgIpc) is 3.33. The molecule has 2 saturated heterocycles. The molecule has 0 radical (unpaired) electrons. The Balaban J connectivity index is 1.39. The lowest BCUT2D eigenvalue weighted by atomic mass is 10.00. The lowest BCUT2D eigenvalue weighted by Gasteiger charge is -2.31. The molecule has 2 fully saturated rings. The van der Waals surface area contributed by atoms with E-state index in [1.807, 2.05) is 60.7 Å². The Bertz CT molecular complexity index is 1210. The lowest BCUT2D eigenvalue weighted by Crippen LogP contribution is -2.46. The normalized spacial score (nSPS) is 26.0. The van der Waals surface area contributed by atoms with Crippen molar-refractivity contribution >= 4 is 0 Å². The minimum absolute atomic E-state index is 0.242. The number of nitrogens with one attached hydrogen (secondary N) is 1. The SMILES string of the molecule is Cc1cn([C@@H]2O[C@@]3(COCc4ccccc4)CO[C@@H]2[C@@H]3OCc2ccccc2)c(=O)[nH]c1=O. The number of nitrogens with zero attached hydrogens (tertiary/aromatic N) is 1. The van der Waals surface area contributed by atoms with E-state index in [1.54, 1.807) is 6.92 Å². The van der Waals surface area contributed by atoms with Crippen molar-refractivity contribution < 1.29 is 18.9 Å². The molecule has 8 nitrogen and oxygen atoms in total. The van der Waals surface area contributed by atoms with Crippen molar-refractivity contribution in [3.05, 3.63) is 104 Å². The van der Waals surface area contributed by atoms with Gasteiger partial charge in [-0.25, -0.2) is 4.79 Å². The molecule has 33 heavy (non-hydrogen) atoms. The molecule has 4 atom stereocenters. The van der Waals surface area contributed by atoms with Crippen LogP contribution in [0.25, 0.3) is 0 Å². The molecule has 2 aliphatic heterocycles. The van der Waals surface area contributed by atoms with Gasteiger partial charge in [-0.15, -0.1) is 0 Å². The zero-order valence-corrected chi connectivity index (χ0v) is 18.3. The van der Waals surface area contributed by atoms with Gasteiger partial charge in [-0.2, -0.15) is 0 Å². The van der Waals surface area contributed by atoms with Gasteiger partial charge in [-0.05, 0) is 18.1 Å². The third-order valence-electron chi connectivity index (χ3n) is 6.12. The highest BCUT2D eigenvalue weighted by Crippen LogP contribution is 2.46. The predicted octanol–water partition coefficient (Wildman–Crippen LogP) is 2.31. The third-order valence-corrected chi connectivity index (χ3v) is 6.12. The monoisotopic (exact) mass is 450 g/mol. The van der Waals surface area contributed by atoms with E-state index in [1.165, 1.54) is 10.8 Å². The van der Waals surface area contributed by atoms with Crippen LogP contribution in [0.2, 0.25) is 0 Å². The van der Waals surface area contributed by atoms with Gasteiger partial charge in [0, 0.05) is 11.8 Å². The minimum Gasteiger partial charge on any atom is -0.374 e. The van der Waals surface area contributed by atoms with Crippen LogP contribution < -0.4 is 11.2 Å². The highest BCUT2D eigenvalue weighted by atomic mass is 16.7. The van der Waals surface area contributed by atoms with Gasteiger partial charge in [0.05, 0.1) is 26.4 Å². The Hall–Kier alpha value is -3.04. The fraction of sp³-hybridized carbons (Fsp3) is 0.360. The summed E-state index contributed by atoms with van der Waals surface area (Å²) in [6.45, 7) is 2.97. The number of hydrogen-bond donors (Lipinski definition) is 1. The van der Waals surface area contributed by atoms with Crippen LogP contribution in [0.4, 0.5) is 0 Å². The number of ether oxygens (including phenoxy) is 4. The first kappa shape index (κ1) is 21.8. The lowest BCUT2D eigenvalue weighted by molar-refractivity contribution is -0.197. The molecule has 3 heterocycles. The van der Waals surface area contributed by atoms with Crippen molar-refractivity contribution in [2.45, 2.75) is 44.2 Å². The van der Waals surface area contributed by atoms with Crippen molar-refractivity contribution in [1.82, 2.24) is 9.55 Å². The number of aryl methyl sites for hydroxylation is 1. The first-order valence-corrected chi connectivity index (χ1v) is 10.9. The average molecular weight is 450 g/mol. The molecule has 3 aromatic rings. The zero-order valence-electron chi connectivity index (χ0n) is 18.3. The first-order chi connectivity index (χ1) is 16.1. The van der Waals surface area contributed by atoms with Gasteiger partial charge in [0.1, 0.15) is 17.8 Å². The summed E-state index contributed by atoms with van der Waals surface area (Å²) in [6, 6.07) is 19.7.